The quantitative estimate of drug-likeness (QED) is 0.545. The van der Waals surface area contributed by atoms with E-state index in [-0.39, 0.29) is 11.9 Å². The molecule has 0 saturated carbocycles. The lowest BCUT2D eigenvalue weighted by atomic mass is 10.1. The van der Waals surface area contributed by atoms with Gasteiger partial charge in [0.15, 0.2) is 0 Å². The van der Waals surface area contributed by atoms with Crippen LogP contribution in [-0.2, 0) is 6.42 Å². The normalized spacial score (nSPS) is 15.1. The Labute approximate surface area is 193 Å². The first-order chi connectivity index (χ1) is 15.5. The van der Waals surface area contributed by atoms with Crippen LogP contribution in [0, 0.1) is 6.92 Å². The number of urea groups is 1. The predicted molar refractivity (Wildman–Crippen MR) is 132 cm³/mol. The zero-order chi connectivity index (χ0) is 22.5. The number of thioether (sulfide) groups is 1. The fraction of sp³-hybridized carbons (Fsp3) is 0.231. The highest BCUT2D eigenvalue weighted by molar-refractivity contribution is 8.00. The molecule has 0 unspecified atom stereocenters. The molecule has 3 aromatic carbocycles. The fourth-order valence-electron chi connectivity index (χ4n) is 3.78. The second kappa shape index (κ2) is 9.92. The Morgan fingerprint density at radius 3 is 2.50 bits per heavy atom. The standard InChI is InChI=1S/C26H27N3O2S/c1-18-7-3-4-8-20(18)15-16-27-25(30)21-11-13-22(14-12-21)28-26(31)29-17-19(2)32-24-10-6-5-9-23(24)29/h3-14,19H,15-17H2,1-2H3,(H,27,30)(H,28,31)/t19-/m1/s1. The smallest absolute Gasteiger partial charge is 0.326 e. The zero-order valence-corrected chi connectivity index (χ0v) is 19.1. The summed E-state index contributed by atoms with van der Waals surface area (Å²) >= 11 is 1.78. The Kier molecular flexibility index (Phi) is 6.81. The Bertz CT molecular complexity index is 1110. The Balaban J connectivity index is 1.34. The van der Waals surface area contributed by atoms with E-state index in [9.17, 15) is 9.59 Å². The number of nitrogens with zero attached hydrogens (tertiary/aromatic N) is 1. The number of hydrogen-bond donors (Lipinski definition) is 2. The van der Waals surface area contributed by atoms with Crippen molar-refractivity contribution in [1.82, 2.24) is 5.32 Å². The second-order valence-electron chi connectivity index (χ2n) is 7.95. The summed E-state index contributed by atoms with van der Waals surface area (Å²) in [7, 11) is 0. The summed E-state index contributed by atoms with van der Waals surface area (Å²) in [5.74, 6) is -0.118. The van der Waals surface area contributed by atoms with Crippen molar-refractivity contribution in [3.63, 3.8) is 0 Å². The third-order valence-corrected chi connectivity index (χ3v) is 6.66. The molecule has 0 aliphatic carbocycles. The first kappa shape index (κ1) is 22.0. The van der Waals surface area contributed by atoms with Crippen molar-refractivity contribution >= 4 is 35.1 Å². The largest absolute Gasteiger partial charge is 0.352 e. The third kappa shape index (κ3) is 5.14. The van der Waals surface area contributed by atoms with Gasteiger partial charge in [0, 0.05) is 34.5 Å². The maximum Gasteiger partial charge on any atom is 0.326 e. The maximum atomic E-state index is 12.9. The van der Waals surface area contributed by atoms with Gasteiger partial charge < -0.3 is 10.6 Å². The SMILES string of the molecule is Cc1ccccc1CCNC(=O)c1ccc(NC(=O)N2C[C@@H](C)Sc3ccccc32)cc1. The molecule has 164 valence electrons. The molecule has 1 heterocycles. The summed E-state index contributed by atoms with van der Waals surface area (Å²) in [6.07, 6.45) is 0.792. The summed E-state index contributed by atoms with van der Waals surface area (Å²) in [6, 6.07) is 23.0. The van der Waals surface area contributed by atoms with Crippen molar-refractivity contribution in [2.45, 2.75) is 30.4 Å². The molecule has 0 radical (unpaired) electrons. The van der Waals surface area contributed by atoms with Crippen LogP contribution in [-0.4, -0.2) is 30.3 Å². The number of carbonyl (C=O) groups is 2. The average molecular weight is 446 g/mol. The summed E-state index contributed by atoms with van der Waals surface area (Å²) in [6.45, 7) is 5.42. The van der Waals surface area contributed by atoms with E-state index in [0.717, 1.165) is 17.0 Å². The number of para-hydroxylation sites is 1. The summed E-state index contributed by atoms with van der Waals surface area (Å²) in [4.78, 5) is 28.3. The minimum absolute atomic E-state index is 0.118. The highest BCUT2D eigenvalue weighted by Gasteiger charge is 2.26. The van der Waals surface area contributed by atoms with E-state index in [2.05, 4.69) is 36.6 Å². The second-order valence-corrected chi connectivity index (χ2v) is 9.43. The lowest BCUT2D eigenvalue weighted by molar-refractivity contribution is 0.0954. The topological polar surface area (TPSA) is 61.4 Å². The van der Waals surface area contributed by atoms with Gasteiger partial charge in [-0.2, -0.15) is 0 Å². The van der Waals surface area contributed by atoms with E-state index in [1.807, 2.05) is 36.4 Å². The van der Waals surface area contributed by atoms with Gasteiger partial charge in [-0.25, -0.2) is 4.79 Å². The monoisotopic (exact) mass is 445 g/mol. The van der Waals surface area contributed by atoms with Gasteiger partial charge in [0.1, 0.15) is 0 Å². The van der Waals surface area contributed by atoms with Crippen LogP contribution in [0.4, 0.5) is 16.2 Å². The molecule has 0 aromatic heterocycles. The van der Waals surface area contributed by atoms with Gasteiger partial charge in [0.25, 0.3) is 5.91 Å². The molecule has 0 bridgehead atoms. The molecule has 32 heavy (non-hydrogen) atoms. The predicted octanol–water partition coefficient (Wildman–Crippen LogP) is 5.50. The highest BCUT2D eigenvalue weighted by atomic mass is 32.2. The van der Waals surface area contributed by atoms with E-state index in [1.54, 1.807) is 40.9 Å². The van der Waals surface area contributed by atoms with E-state index in [0.29, 0.717) is 29.6 Å². The number of hydrogen-bond acceptors (Lipinski definition) is 3. The Morgan fingerprint density at radius 1 is 1.00 bits per heavy atom. The number of anilines is 2. The van der Waals surface area contributed by atoms with Crippen LogP contribution in [0.25, 0.3) is 0 Å². The van der Waals surface area contributed by atoms with Crippen molar-refractivity contribution in [2.24, 2.45) is 0 Å². The first-order valence-corrected chi connectivity index (χ1v) is 11.7. The minimum Gasteiger partial charge on any atom is -0.352 e. The van der Waals surface area contributed by atoms with Crippen LogP contribution < -0.4 is 15.5 Å². The summed E-state index contributed by atoms with van der Waals surface area (Å²) in [5, 5.41) is 6.24. The minimum atomic E-state index is -0.167. The van der Waals surface area contributed by atoms with Crippen molar-refractivity contribution in [3.05, 3.63) is 89.5 Å². The van der Waals surface area contributed by atoms with Crippen LogP contribution in [0.5, 0.6) is 0 Å². The van der Waals surface area contributed by atoms with Gasteiger partial charge in [0.2, 0.25) is 0 Å². The van der Waals surface area contributed by atoms with Gasteiger partial charge in [-0.1, -0.05) is 43.3 Å². The van der Waals surface area contributed by atoms with Crippen LogP contribution >= 0.6 is 11.8 Å². The molecular weight excluding hydrogens is 418 g/mol. The van der Waals surface area contributed by atoms with Crippen LogP contribution in [0.1, 0.15) is 28.4 Å². The maximum absolute atomic E-state index is 12.9. The third-order valence-electron chi connectivity index (χ3n) is 5.51. The number of nitrogens with one attached hydrogen (secondary N) is 2. The highest BCUT2D eigenvalue weighted by Crippen LogP contribution is 2.38. The van der Waals surface area contributed by atoms with Crippen molar-refractivity contribution in [1.29, 1.82) is 0 Å². The van der Waals surface area contributed by atoms with Crippen LogP contribution in [0.15, 0.2) is 77.7 Å². The molecule has 5 nitrogen and oxygen atoms in total. The molecule has 1 aliphatic rings. The number of carbonyl (C=O) groups excluding carboxylic acids is 2. The van der Waals surface area contributed by atoms with Crippen LogP contribution in [0.2, 0.25) is 0 Å². The lowest BCUT2D eigenvalue weighted by Gasteiger charge is -2.32. The van der Waals surface area contributed by atoms with Gasteiger partial charge in [-0.15, -0.1) is 11.8 Å². The van der Waals surface area contributed by atoms with E-state index in [4.69, 9.17) is 0 Å². The number of fused-ring (bicyclic) bond motifs is 1. The number of rotatable bonds is 5. The summed E-state index contributed by atoms with van der Waals surface area (Å²) < 4.78 is 0. The molecule has 2 N–H and O–H groups in total. The molecule has 1 atom stereocenters. The van der Waals surface area contributed by atoms with Crippen molar-refractivity contribution in [3.8, 4) is 0 Å². The molecule has 3 amide bonds. The van der Waals surface area contributed by atoms with Gasteiger partial charge >= 0.3 is 6.03 Å². The Morgan fingerprint density at radius 2 is 1.72 bits per heavy atom. The molecule has 1 aliphatic heterocycles. The molecule has 6 heteroatoms. The van der Waals surface area contributed by atoms with Gasteiger partial charge in [-0.05, 0) is 60.9 Å². The molecule has 3 aromatic rings. The molecule has 0 spiro atoms. The molecular formula is C26H27N3O2S. The van der Waals surface area contributed by atoms with Crippen LogP contribution in [0.3, 0.4) is 0 Å². The first-order valence-electron chi connectivity index (χ1n) is 10.8. The van der Waals surface area contributed by atoms with E-state index < -0.39 is 0 Å². The van der Waals surface area contributed by atoms with Gasteiger partial charge in [0.05, 0.1) is 5.69 Å². The molecule has 4 rings (SSSR count). The van der Waals surface area contributed by atoms with E-state index >= 15 is 0 Å². The number of aryl methyl sites for hydroxylation is 1. The number of benzene rings is 3. The number of amides is 3. The Hall–Kier alpha value is -3.25. The van der Waals surface area contributed by atoms with Crippen molar-refractivity contribution in [2.75, 3.05) is 23.3 Å². The van der Waals surface area contributed by atoms with Crippen molar-refractivity contribution < 1.29 is 9.59 Å². The fourth-order valence-corrected chi connectivity index (χ4v) is 4.89. The molecule has 0 fully saturated rings. The summed E-state index contributed by atoms with van der Waals surface area (Å²) in [5.41, 5.74) is 4.62. The lowest BCUT2D eigenvalue weighted by Crippen LogP contribution is -2.41. The average Bonchev–Trinajstić information content (AvgIpc) is 2.80. The van der Waals surface area contributed by atoms with E-state index in [1.165, 1.54) is 11.1 Å². The van der Waals surface area contributed by atoms with Gasteiger partial charge in [-0.3, -0.25) is 9.69 Å². The molecule has 0 saturated heterocycles. The zero-order valence-electron chi connectivity index (χ0n) is 18.3.